The lowest BCUT2D eigenvalue weighted by Crippen LogP contribution is -2.48. The first-order valence-corrected chi connectivity index (χ1v) is 12.1. The SMILES string of the molecule is CCC(C)c1ccc(NC(=O)C(CCSC)N2C(=O)C3CCCCC3C2=O)cc1. The van der Waals surface area contributed by atoms with Crippen LogP contribution in [0.1, 0.15) is 63.9 Å². The molecule has 3 amide bonds. The Labute approximate surface area is 178 Å². The van der Waals surface area contributed by atoms with Gasteiger partial charge < -0.3 is 5.32 Å². The standard InChI is InChI=1S/C23H32N2O3S/c1-4-15(2)16-9-11-17(12-10-16)24-21(26)20(13-14-29-3)25-22(27)18-7-5-6-8-19(18)23(25)28/h9-12,15,18-20H,4-8,13-14H2,1-3H3,(H,24,26). The van der Waals surface area contributed by atoms with Gasteiger partial charge in [0.15, 0.2) is 0 Å². The van der Waals surface area contributed by atoms with Gasteiger partial charge in [-0.05, 0) is 61.3 Å². The lowest BCUT2D eigenvalue weighted by atomic mass is 9.81. The van der Waals surface area contributed by atoms with E-state index in [1.807, 2.05) is 30.5 Å². The fraction of sp³-hybridized carbons (Fsp3) is 0.609. The van der Waals surface area contributed by atoms with Crippen LogP contribution < -0.4 is 5.32 Å². The number of likely N-dealkylation sites (tertiary alicyclic amines) is 1. The van der Waals surface area contributed by atoms with Crippen molar-refractivity contribution in [2.24, 2.45) is 11.8 Å². The minimum atomic E-state index is -0.734. The van der Waals surface area contributed by atoms with Crippen molar-refractivity contribution in [3.05, 3.63) is 29.8 Å². The molecule has 4 unspecified atom stereocenters. The molecule has 2 fully saturated rings. The molecule has 0 radical (unpaired) electrons. The summed E-state index contributed by atoms with van der Waals surface area (Å²) in [5, 5.41) is 2.94. The Balaban J connectivity index is 1.76. The highest BCUT2D eigenvalue weighted by atomic mass is 32.2. The second kappa shape index (κ2) is 9.79. The summed E-state index contributed by atoms with van der Waals surface area (Å²) in [6.45, 7) is 4.33. The molecule has 0 bridgehead atoms. The summed E-state index contributed by atoms with van der Waals surface area (Å²) in [4.78, 5) is 40.4. The molecule has 0 aromatic heterocycles. The van der Waals surface area contributed by atoms with E-state index in [1.54, 1.807) is 11.8 Å². The van der Waals surface area contributed by atoms with Gasteiger partial charge in [-0.25, -0.2) is 0 Å². The van der Waals surface area contributed by atoms with Gasteiger partial charge in [-0.2, -0.15) is 11.8 Å². The fourth-order valence-electron chi connectivity index (χ4n) is 4.46. The summed E-state index contributed by atoms with van der Waals surface area (Å²) >= 11 is 1.62. The number of imide groups is 1. The van der Waals surface area contributed by atoms with E-state index in [4.69, 9.17) is 0 Å². The topological polar surface area (TPSA) is 66.5 Å². The average Bonchev–Trinajstić information content (AvgIpc) is 2.99. The van der Waals surface area contributed by atoms with Crippen LogP contribution in [-0.4, -0.2) is 40.7 Å². The Morgan fingerprint density at radius 3 is 2.24 bits per heavy atom. The van der Waals surface area contributed by atoms with Crippen LogP contribution in [0.15, 0.2) is 24.3 Å². The van der Waals surface area contributed by atoms with Crippen LogP contribution in [0.25, 0.3) is 0 Å². The van der Waals surface area contributed by atoms with Gasteiger partial charge >= 0.3 is 0 Å². The molecule has 158 valence electrons. The lowest BCUT2D eigenvalue weighted by molar-refractivity contribution is -0.146. The van der Waals surface area contributed by atoms with Crippen molar-refractivity contribution in [1.82, 2.24) is 4.90 Å². The molecule has 1 saturated heterocycles. The molecule has 1 N–H and O–H groups in total. The smallest absolute Gasteiger partial charge is 0.247 e. The zero-order chi connectivity index (χ0) is 21.0. The molecular weight excluding hydrogens is 384 g/mol. The molecule has 4 atom stereocenters. The third-order valence-corrected chi connectivity index (χ3v) is 7.09. The van der Waals surface area contributed by atoms with Gasteiger partial charge in [-0.1, -0.05) is 38.8 Å². The van der Waals surface area contributed by atoms with Crippen molar-refractivity contribution >= 4 is 35.2 Å². The molecule has 1 aromatic carbocycles. The summed E-state index contributed by atoms with van der Waals surface area (Å²) in [5.74, 6) is 0.178. The van der Waals surface area contributed by atoms with Crippen molar-refractivity contribution in [1.29, 1.82) is 0 Å². The Bertz CT molecular complexity index is 725. The van der Waals surface area contributed by atoms with E-state index in [1.165, 1.54) is 10.5 Å². The first-order chi connectivity index (χ1) is 14.0. The number of fused-ring (bicyclic) bond motifs is 1. The monoisotopic (exact) mass is 416 g/mol. The Morgan fingerprint density at radius 2 is 1.72 bits per heavy atom. The maximum Gasteiger partial charge on any atom is 0.247 e. The maximum atomic E-state index is 13.1. The number of anilines is 1. The Kier molecular flexibility index (Phi) is 7.38. The fourth-order valence-corrected chi connectivity index (χ4v) is 4.92. The predicted octanol–water partition coefficient (Wildman–Crippen LogP) is 4.44. The third-order valence-electron chi connectivity index (χ3n) is 6.44. The number of thioether (sulfide) groups is 1. The molecule has 1 heterocycles. The van der Waals surface area contributed by atoms with Crippen molar-refractivity contribution in [3.8, 4) is 0 Å². The highest BCUT2D eigenvalue weighted by Gasteiger charge is 2.51. The zero-order valence-electron chi connectivity index (χ0n) is 17.6. The predicted molar refractivity (Wildman–Crippen MR) is 118 cm³/mol. The van der Waals surface area contributed by atoms with E-state index in [0.717, 1.165) is 37.9 Å². The number of benzene rings is 1. The molecule has 6 heteroatoms. The molecule has 1 saturated carbocycles. The molecule has 1 aliphatic heterocycles. The second-order valence-corrected chi connectivity index (χ2v) is 9.25. The third kappa shape index (κ3) is 4.68. The van der Waals surface area contributed by atoms with Gasteiger partial charge in [0.1, 0.15) is 6.04 Å². The number of hydrogen-bond donors (Lipinski definition) is 1. The molecule has 29 heavy (non-hydrogen) atoms. The van der Waals surface area contributed by atoms with Crippen LogP contribution in [-0.2, 0) is 14.4 Å². The summed E-state index contributed by atoms with van der Waals surface area (Å²) in [7, 11) is 0. The van der Waals surface area contributed by atoms with Gasteiger partial charge in [0.05, 0.1) is 11.8 Å². The number of carbonyl (C=O) groups excluding carboxylic acids is 3. The Hall–Kier alpha value is -1.82. The van der Waals surface area contributed by atoms with Crippen LogP contribution in [0.4, 0.5) is 5.69 Å². The number of rotatable bonds is 8. The molecule has 1 aliphatic carbocycles. The Morgan fingerprint density at radius 1 is 1.14 bits per heavy atom. The lowest BCUT2D eigenvalue weighted by Gasteiger charge is -2.26. The van der Waals surface area contributed by atoms with Gasteiger partial charge in [-0.15, -0.1) is 0 Å². The first-order valence-electron chi connectivity index (χ1n) is 10.7. The van der Waals surface area contributed by atoms with E-state index in [0.29, 0.717) is 18.0 Å². The molecule has 3 rings (SSSR count). The largest absolute Gasteiger partial charge is 0.324 e. The van der Waals surface area contributed by atoms with Gasteiger partial charge in [0, 0.05) is 5.69 Å². The van der Waals surface area contributed by atoms with Crippen molar-refractivity contribution < 1.29 is 14.4 Å². The summed E-state index contributed by atoms with van der Waals surface area (Å²) in [6.07, 6.45) is 7.00. The molecule has 0 spiro atoms. The van der Waals surface area contributed by atoms with Crippen LogP contribution >= 0.6 is 11.8 Å². The van der Waals surface area contributed by atoms with Crippen LogP contribution in [0.3, 0.4) is 0 Å². The van der Waals surface area contributed by atoms with Gasteiger partial charge in [0.2, 0.25) is 17.7 Å². The maximum absolute atomic E-state index is 13.1. The van der Waals surface area contributed by atoms with E-state index in [2.05, 4.69) is 19.2 Å². The van der Waals surface area contributed by atoms with E-state index in [-0.39, 0.29) is 29.6 Å². The quantitative estimate of drug-likeness (QED) is 0.637. The molecule has 5 nitrogen and oxygen atoms in total. The number of carbonyl (C=O) groups is 3. The van der Waals surface area contributed by atoms with Gasteiger partial charge in [0.25, 0.3) is 0 Å². The highest BCUT2D eigenvalue weighted by molar-refractivity contribution is 7.98. The molecule has 2 aliphatic rings. The number of nitrogens with zero attached hydrogens (tertiary/aromatic N) is 1. The van der Waals surface area contributed by atoms with Crippen molar-refractivity contribution in [2.75, 3.05) is 17.3 Å². The van der Waals surface area contributed by atoms with Crippen LogP contribution in [0.5, 0.6) is 0 Å². The number of amides is 3. The van der Waals surface area contributed by atoms with Crippen LogP contribution in [0, 0.1) is 11.8 Å². The number of nitrogens with one attached hydrogen (secondary N) is 1. The van der Waals surface area contributed by atoms with Crippen LogP contribution in [0.2, 0.25) is 0 Å². The minimum absolute atomic E-state index is 0.145. The average molecular weight is 417 g/mol. The van der Waals surface area contributed by atoms with E-state index >= 15 is 0 Å². The second-order valence-electron chi connectivity index (χ2n) is 8.26. The minimum Gasteiger partial charge on any atom is -0.324 e. The normalized spacial score (nSPS) is 23.6. The molecule has 1 aromatic rings. The molecular formula is C23H32N2O3S. The number of hydrogen-bond acceptors (Lipinski definition) is 4. The van der Waals surface area contributed by atoms with E-state index < -0.39 is 6.04 Å². The van der Waals surface area contributed by atoms with E-state index in [9.17, 15) is 14.4 Å². The van der Waals surface area contributed by atoms with Crippen molar-refractivity contribution in [3.63, 3.8) is 0 Å². The summed E-state index contributed by atoms with van der Waals surface area (Å²) in [6, 6.07) is 7.13. The first kappa shape index (κ1) is 21.9. The highest BCUT2D eigenvalue weighted by Crippen LogP contribution is 2.39. The summed E-state index contributed by atoms with van der Waals surface area (Å²) < 4.78 is 0. The van der Waals surface area contributed by atoms with Crippen molar-refractivity contribution in [2.45, 2.75) is 64.3 Å². The van der Waals surface area contributed by atoms with Gasteiger partial charge in [-0.3, -0.25) is 19.3 Å². The summed E-state index contributed by atoms with van der Waals surface area (Å²) in [5.41, 5.74) is 1.94. The zero-order valence-corrected chi connectivity index (χ0v) is 18.5.